The van der Waals surface area contributed by atoms with Crippen molar-refractivity contribution in [2.45, 2.75) is 0 Å². The number of methoxy groups -OCH3 is 1. The molecule has 0 aliphatic rings. The van der Waals surface area contributed by atoms with Crippen molar-refractivity contribution in [2.75, 3.05) is 20.9 Å². The summed E-state index contributed by atoms with van der Waals surface area (Å²) in [6.45, 7) is -0.913. The molecular formula is C10H13FO2. The smallest absolute Gasteiger partial charge is 0.193 e. The molecule has 0 bridgehead atoms. The van der Waals surface area contributed by atoms with Gasteiger partial charge in [-0.25, -0.2) is 4.39 Å². The quantitative estimate of drug-likeness (QED) is 0.658. The highest BCUT2D eigenvalue weighted by Gasteiger charge is 2.01. The third-order valence-electron chi connectivity index (χ3n) is 1.22. The Bertz CT molecular complexity index is 234. The van der Waals surface area contributed by atoms with Gasteiger partial charge in [-0.3, -0.25) is 4.79 Å². The molecule has 72 valence electrons. The summed E-state index contributed by atoms with van der Waals surface area (Å²) in [5.74, 6) is -0.458. The van der Waals surface area contributed by atoms with Crippen molar-refractivity contribution < 1.29 is 13.9 Å². The minimum absolute atomic E-state index is 0.435. The van der Waals surface area contributed by atoms with Crippen LogP contribution in [0.1, 0.15) is 10.4 Å². The number of carbonyl (C=O) groups excluding carboxylic acids is 1. The topological polar surface area (TPSA) is 26.3 Å². The first-order valence-electron chi connectivity index (χ1n) is 3.80. The number of ketones is 1. The Labute approximate surface area is 77.3 Å². The van der Waals surface area contributed by atoms with Gasteiger partial charge in [-0.05, 0) is 0 Å². The first-order chi connectivity index (χ1) is 6.26. The lowest BCUT2D eigenvalue weighted by atomic mass is 10.1. The molecule has 0 aliphatic carbocycles. The average Bonchev–Trinajstić information content (AvgIpc) is 2.19. The molecule has 13 heavy (non-hydrogen) atoms. The van der Waals surface area contributed by atoms with Gasteiger partial charge in [-0.1, -0.05) is 30.3 Å². The highest BCUT2D eigenvalue weighted by Crippen LogP contribution is 1.99. The highest BCUT2D eigenvalue weighted by atomic mass is 19.1. The van der Waals surface area contributed by atoms with Gasteiger partial charge in [-0.2, -0.15) is 0 Å². The van der Waals surface area contributed by atoms with Crippen LogP contribution in [-0.2, 0) is 4.74 Å². The number of ether oxygens (including phenoxy) is 1. The second-order valence-corrected chi connectivity index (χ2v) is 2.33. The Morgan fingerprint density at radius 2 is 1.77 bits per heavy atom. The molecular weight excluding hydrogens is 171 g/mol. The van der Waals surface area contributed by atoms with E-state index in [9.17, 15) is 9.18 Å². The molecule has 3 heteroatoms. The van der Waals surface area contributed by atoms with Gasteiger partial charge in [0.25, 0.3) is 0 Å². The SMILES string of the molecule is COC.O=C(CF)c1ccccc1. The summed E-state index contributed by atoms with van der Waals surface area (Å²) < 4.78 is 16.0. The van der Waals surface area contributed by atoms with E-state index in [1.165, 1.54) is 0 Å². The Morgan fingerprint density at radius 1 is 1.31 bits per heavy atom. The Kier molecular flexibility index (Phi) is 6.73. The normalized spacial score (nSPS) is 8.54. The molecule has 0 atom stereocenters. The summed E-state index contributed by atoms with van der Waals surface area (Å²) in [6.07, 6.45) is 0. The minimum atomic E-state index is -0.913. The molecule has 0 heterocycles. The zero-order chi connectivity index (χ0) is 10.1. The van der Waals surface area contributed by atoms with Crippen molar-refractivity contribution in [2.24, 2.45) is 0 Å². The molecule has 1 rings (SSSR count). The summed E-state index contributed by atoms with van der Waals surface area (Å²) in [4.78, 5) is 10.6. The predicted octanol–water partition coefficient (Wildman–Crippen LogP) is 2.10. The average molecular weight is 184 g/mol. The standard InChI is InChI=1S/C8H7FO.C2H6O/c9-6-8(10)7-4-2-1-3-5-7;1-3-2/h1-5H,6H2;1-2H3. The number of halogens is 1. The molecule has 0 amide bonds. The van der Waals surface area contributed by atoms with E-state index in [4.69, 9.17) is 0 Å². The van der Waals surface area contributed by atoms with Crippen molar-refractivity contribution >= 4 is 5.78 Å². The molecule has 0 unspecified atom stereocenters. The minimum Gasteiger partial charge on any atom is -0.388 e. The molecule has 0 aromatic heterocycles. The van der Waals surface area contributed by atoms with Gasteiger partial charge in [0.1, 0.15) is 0 Å². The largest absolute Gasteiger partial charge is 0.388 e. The number of alkyl halides is 1. The van der Waals surface area contributed by atoms with Gasteiger partial charge in [0.05, 0.1) is 0 Å². The van der Waals surface area contributed by atoms with E-state index < -0.39 is 12.5 Å². The molecule has 1 aromatic rings. The second kappa shape index (κ2) is 7.43. The number of rotatable bonds is 2. The fraction of sp³-hybridized carbons (Fsp3) is 0.300. The number of carbonyl (C=O) groups is 1. The van der Waals surface area contributed by atoms with E-state index in [1.807, 2.05) is 0 Å². The second-order valence-electron chi connectivity index (χ2n) is 2.33. The van der Waals surface area contributed by atoms with Crippen LogP contribution in [0.5, 0.6) is 0 Å². The maximum atomic E-state index is 11.7. The van der Waals surface area contributed by atoms with E-state index in [0.717, 1.165) is 0 Å². The molecule has 0 saturated heterocycles. The van der Waals surface area contributed by atoms with Crippen LogP contribution < -0.4 is 0 Å². The van der Waals surface area contributed by atoms with E-state index in [-0.39, 0.29) is 0 Å². The molecule has 0 radical (unpaired) electrons. The van der Waals surface area contributed by atoms with E-state index >= 15 is 0 Å². The highest BCUT2D eigenvalue weighted by molar-refractivity contribution is 5.96. The zero-order valence-corrected chi connectivity index (χ0v) is 7.79. The Balaban J connectivity index is 0.000000424. The van der Waals surface area contributed by atoms with Crippen LogP contribution in [0.15, 0.2) is 30.3 Å². The summed E-state index contributed by atoms with van der Waals surface area (Å²) in [7, 11) is 3.25. The maximum Gasteiger partial charge on any atom is 0.193 e. The van der Waals surface area contributed by atoms with Crippen LogP contribution >= 0.6 is 0 Å². The van der Waals surface area contributed by atoms with Crippen LogP contribution in [-0.4, -0.2) is 26.7 Å². The van der Waals surface area contributed by atoms with Gasteiger partial charge >= 0.3 is 0 Å². The van der Waals surface area contributed by atoms with Crippen LogP contribution in [0.4, 0.5) is 4.39 Å². The van der Waals surface area contributed by atoms with E-state index in [0.29, 0.717) is 5.56 Å². The maximum absolute atomic E-state index is 11.7. The fourth-order valence-corrected chi connectivity index (χ4v) is 0.701. The third kappa shape index (κ3) is 5.09. The number of benzene rings is 1. The van der Waals surface area contributed by atoms with E-state index in [1.54, 1.807) is 44.6 Å². The summed E-state index contributed by atoms with van der Waals surface area (Å²) in [5.41, 5.74) is 0.435. The van der Waals surface area contributed by atoms with Crippen LogP contribution in [0.25, 0.3) is 0 Å². The van der Waals surface area contributed by atoms with Crippen molar-refractivity contribution in [1.82, 2.24) is 0 Å². The molecule has 2 nitrogen and oxygen atoms in total. The predicted molar refractivity (Wildman–Crippen MR) is 49.7 cm³/mol. The molecule has 0 fully saturated rings. The van der Waals surface area contributed by atoms with Crippen LogP contribution in [0, 0.1) is 0 Å². The Hall–Kier alpha value is -1.22. The lowest BCUT2D eigenvalue weighted by molar-refractivity contribution is 0.0958. The molecule has 1 aromatic carbocycles. The Morgan fingerprint density at radius 3 is 2.15 bits per heavy atom. The lowest BCUT2D eigenvalue weighted by Gasteiger charge is -1.91. The van der Waals surface area contributed by atoms with E-state index in [2.05, 4.69) is 4.74 Å². The fourth-order valence-electron chi connectivity index (χ4n) is 0.701. The van der Waals surface area contributed by atoms with Crippen molar-refractivity contribution in [1.29, 1.82) is 0 Å². The summed E-state index contributed by atoms with van der Waals surface area (Å²) >= 11 is 0. The first-order valence-corrected chi connectivity index (χ1v) is 3.80. The number of hydrogen-bond acceptors (Lipinski definition) is 2. The molecule has 0 N–H and O–H groups in total. The molecule has 0 saturated carbocycles. The van der Waals surface area contributed by atoms with Gasteiger partial charge < -0.3 is 4.74 Å². The summed E-state index contributed by atoms with van der Waals surface area (Å²) in [6, 6.07) is 8.41. The van der Waals surface area contributed by atoms with Gasteiger partial charge in [0, 0.05) is 19.8 Å². The van der Waals surface area contributed by atoms with Crippen LogP contribution in [0.3, 0.4) is 0 Å². The summed E-state index contributed by atoms with van der Waals surface area (Å²) in [5, 5.41) is 0. The van der Waals surface area contributed by atoms with Gasteiger partial charge in [0.15, 0.2) is 12.5 Å². The zero-order valence-electron chi connectivity index (χ0n) is 7.79. The molecule has 0 spiro atoms. The van der Waals surface area contributed by atoms with Gasteiger partial charge in [-0.15, -0.1) is 0 Å². The van der Waals surface area contributed by atoms with Crippen molar-refractivity contribution in [3.05, 3.63) is 35.9 Å². The van der Waals surface area contributed by atoms with Crippen LogP contribution in [0.2, 0.25) is 0 Å². The first kappa shape index (κ1) is 11.8. The number of hydrogen-bond donors (Lipinski definition) is 0. The van der Waals surface area contributed by atoms with Crippen molar-refractivity contribution in [3.63, 3.8) is 0 Å². The number of Topliss-reactive ketones (excluding diaryl/α,β-unsaturated/α-hetero) is 1. The molecule has 0 aliphatic heterocycles. The lowest BCUT2D eigenvalue weighted by Crippen LogP contribution is -1.99. The van der Waals surface area contributed by atoms with Crippen molar-refractivity contribution in [3.8, 4) is 0 Å². The third-order valence-corrected chi connectivity index (χ3v) is 1.22. The monoisotopic (exact) mass is 184 g/mol. The van der Waals surface area contributed by atoms with Gasteiger partial charge in [0.2, 0.25) is 0 Å².